The molecule has 0 aliphatic rings. The monoisotopic (exact) mass is 257 g/mol. The molecule has 92 valence electrons. The van der Waals surface area contributed by atoms with Crippen LogP contribution in [-0.4, -0.2) is 12.2 Å². The molecule has 0 aliphatic carbocycles. The number of hydrogen-bond donors (Lipinski definition) is 1. The van der Waals surface area contributed by atoms with Crippen LogP contribution in [0.15, 0.2) is 54.6 Å². The van der Waals surface area contributed by atoms with Gasteiger partial charge in [-0.2, -0.15) is 0 Å². The van der Waals surface area contributed by atoms with Crippen LogP contribution in [-0.2, 0) is 5.75 Å². The van der Waals surface area contributed by atoms with Gasteiger partial charge in [0.1, 0.15) is 0 Å². The molecule has 0 atom stereocenters. The van der Waals surface area contributed by atoms with Crippen LogP contribution in [0.4, 0.5) is 5.69 Å². The summed E-state index contributed by atoms with van der Waals surface area (Å²) < 4.78 is 0. The first-order valence-electron chi connectivity index (χ1n) is 5.79. The van der Waals surface area contributed by atoms with Crippen molar-refractivity contribution >= 4 is 22.6 Å². The Morgan fingerprint density at radius 2 is 1.72 bits per heavy atom. The van der Waals surface area contributed by atoms with Gasteiger partial charge in [0.05, 0.1) is 5.56 Å². The van der Waals surface area contributed by atoms with Gasteiger partial charge in [-0.3, -0.25) is 4.79 Å². The number of benzene rings is 2. The van der Waals surface area contributed by atoms with E-state index in [4.69, 9.17) is 0 Å². The Morgan fingerprint density at radius 1 is 1.06 bits per heavy atom. The van der Waals surface area contributed by atoms with Crippen molar-refractivity contribution in [1.82, 2.24) is 0 Å². The van der Waals surface area contributed by atoms with Crippen LogP contribution in [0.25, 0.3) is 0 Å². The fourth-order valence-electron chi connectivity index (χ4n) is 1.68. The largest absolute Gasteiger partial charge is 0.388 e. The van der Waals surface area contributed by atoms with Gasteiger partial charge in [0, 0.05) is 18.5 Å². The lowest BCUT2D eigenvalue weighted by atomic mass is 10.2. The highest BCUT2D eigenvalue weighted by Crippen LogP contribution is 2.23. The van der Waals surface area contributed by atoms with E-state index in [-0.39, 0.29) is 5.12 Å². The van der Waals surface area contributed by atoms with Gasteiger partial charge in [-0.25, -0.2) is 0 Å². The molecule has 0 saturated heterocycles. The summed E-state index contributed by atoms with van der Waals surface area (Å²) in [5.41, 5.74) is 2.78. The van der Waals surface area contributed by atoms with Crippen molar-refractivity contribution < 1.29 is 4.79 Å². The van der Waals surface area contributed by atoms with Crippen LogP contribution in [0.5, 0.6) is 0 Å². The van der Waals surface area contributed by atoms with E-state index in [1.165, 1.54) is 11.8 Å². The molecule has 0 amide bonds. The van der Waals surface area contributed by atoms with Gasteiger partial charge < -0.3 is 5.32 Å². The van der Waals surface area contributed by atoms with E-state index in [0.717, 1.165) is 16.8 Å². The maximum absolute atomic E-state index is 12.1. The average molecular weight is 257 g/mol. The van der Waals surface area contributed by atoms with Crippen molar-refractivity contribution in [3.8, 4) is 0 Å². The average Bonchev–Trinajstić information content (AvgIpc) is 2.45. The van der Waals surface area contributed by atoms with Gasteiger partial charge in [-0.05, 0) is 17.7 Å². The second-order valence-electron chi connectivity index (χ2n) is 3.86. The van der Waals surface area contributed by atoms with Crippen molar-refractivity contribution in [2.45, 2.75) is 5.75 Å². The first kappa shape index (κ1) is 12.7. The number of rotatable bonds is 4. The number of carbonyl (C=O) groups is 1. The number of hydrogen-bond acceptors (Lipinski definition) is 3. The molecule has 0 heterocycles. The van der Waals surface area contributed by atoms with E-state index in [1.807, 2.05) is 61.6 Å². The maximum atomic E-state index is 12.1. The predicted octanol–water partition coefficient (Wildman–Crippen LogP) is 3.80. The Morgan fingerprint density at radius 3 is 2.44 bits per heavy atom. The third-order valence-corrected chi connectivity index (χ3v) is 3.59. The van der Waals surface area contributed by atoms with Gasteiger partial charge in [0.2, 0.25) is 5.12 Å². The molecule has 0 spiro atoms. The van der Waals surface area contributed by atoms with Gasteiger partial charge in [-0.15, -0.1) is 0 Å². The molecule has 0 aromatic heterocycles. The summed E-state index contributed by atoms with van der Waals surface area (Å²) in [5, 5.41) is 3.14. The molecule has 0 unspecified atom stereocenters. The molecule has 1 N–H and O–H groups in total. The van der Waals surface area contributed by atoms with E-state index in [1.54, 1.807) is 0 Å². The Kier molecular flexibility index (Phi) is 4.42. The van der Waals surface area contributed by atoms with Crippen molar-refractivity contribution in [3.05, 3.63) is 65.7 Å². The van der Waals surface area contributed by atoms with Crippen LogP contribution in [0.1, 0.15) is 15.9 Å². The Bertz CT molecular complexity index is 525. The maximum Gasteiger partial charge on any atom is 0.221 e. The molecule has 18 heavy (non-hydrogen) atoms. The van der Waals surface area contributed by atoms with Crippen molar-refractivity contribution in [2.24, 2.45) is 0 Å². The van der Waals surface area contributed by atoms with E-state index in [2.05, 4.69) is 5.32 Å². The topological polar surface area (TPSA) is 29.1 Å². The first-order valence-corrected chi connectivity index (χ1v) is 6.77. The smallest absolute Gasteiger partial charge is 0.221 e. The van der Waals surface area contributed by atoms with Crippen LogP contribution >= 0.6 is 11.8 Å². The highest BCUT2D eigenvalue weighted by atomic mass is 32.2. The fraction of sp³-hybridized carbons (Fsp3) is 0.133. The third kappa shape index (κ3) is 3.14. The van der Waals surface area contributed by atoms with Crippen LogP contribution in [0, 0.1) is 0 Å². The van der Waals surface area contributed by atoms with Gasteiger partial charge in [0.25, 0.3) is 0 Å². The number of nitrogens with one attached hydrogen (secondary N) is 1. The van der Waals surface area contributed by atoms with Gasteiger partial charge in [-0.1, -0.05) is 54.2 Å². The summed E-state index contributed by atoms with van der Waals surface area (Å²) in [6, 6.07) is 17.6. The zero-order chi connectivity index (χ0) is 12.8. The zero-order valence-electron chi connectivity index (χ0n) is 10.2. The summed E-state index contributed by atoms with van der Waals surface area (Å²) in [6.07, 6.45) is 0. The lowest BCUT2D eigenvalue weighted by Crippen LogP contribution is -2.00. The minimum atomic E-state index is 0.101. The summed E-state index contributed by atoms with van der Waals surface area (Å²) in [6.45, 7) is 0. The Hall–Kier alpha value is -1.74. The van der Waals surface area contributed by atoms with E-state index in [9.17, 15) is 4.79 Å². The first-order chi connectivity index (χ1) is 8.81. The van der Waals surface area contributed by atoms with Crippen molar-refractivity contribution in [2.75, 3.05) is 12.4 Å². The van der Waals surface area contributed by atoms with Crippen LogP contribution < -0.4 is 5.32 Å². The highest BCUT2D eigenvalue weighted by molar-refractivity contribution is 8.13. The predicted molar refractivity (Wildman–Crippen MR) is 78.1 cm³/mol. The van der Waals surface area contributed by atoms with E-state index < -0.39 is 0 Å². The molecule has 2 nitrogen and oxygen atoms in total. The fourth-order valence-corrected chi connectivity index (χ4v) is 2.50. The van der Waals surface area contributed by atoms with Gasteiger partial charge >= 0.3 is 0 Å². The van der Waals surface area contributed by atoms with Gasteiger partial charge in [0.15, 0.2) is 0 Å². The molecular formula is C15H15NOS. The third-order valence-electron chi connectivity index (χ3n) is 2.63. The molecule has 2 aromatic carbocycles. The van der Waals surface area contributed by atoms with E-state index in [0.29, 0.717) is 5.75 Å². The van der Waals surface area contributed by atoms with Crippen LogP contribution in [0.2, 0.25) is 0 Å². The summed E-state index contributed by atoms with van der Waals surface area (Å²) in [5.74, 6) is 0.706. The number of thioether (sulfide) groups is 1. The summed E-state index contributed by atoms with van der Waals surface area (Å²) in [4.78, 5) is 12.1. The molecule has 2 aromatic rings. The molecule has 0 fully saturated rings. The molecular weight excluding hydrogens is 242 g/mol. The highest BCUT2D eigenvalue weighted by Gasteiger charge is 2.10. The number of para-hydroxylation sites is 1. The quantitative estimate of drug-likeness (QED) is 0.903. The SMILES string of the molecule is CNc1ccccc1C(=O)SCc1ccccc1. The number of anilines is 1. The minimum Gasteiger partial charge on any atom is -0.388 e. The van der Waals surface area contributed by atoms with Crippen molar-refractivity contribution in [1.29, 1.82) is 0 Å². The zero-order valence-corrected chi connectivity index (χ0v) is 11.0. The molecule has 0 aliphatic heterocycles. The number of carbonyl (C=O) groups excluding carboxylic acids is 1. The minimum absolute atomic E-state index is 0.101. The lowest BCUT2D eigenvalue weighted by molar-refractivity contribution is 0.108. The molecule has 0 bridgehead atoms. The standard InChI is InChI=1S/C15H15NOS/c1-16-14-10-6-5-9-13(14)15(17)18-11-12-7-3-2-4-8-12/h2-10,16H,11H2,1H3. The molecule has 0 saturated carbocycles. The second kappa shape index (κ2) is 6.26. The second-order valence-corrected chi connectivity index (χ2v) is 4.81. The van der Waals surface area contributed by atoms with E-state index >= 15 is 0 Å². The normalized spacial score (nSPS) is 10.1. The molecule has 2 rings (SSSR count). The Balaban J connectivity index is 2.04. The van der Waals surface area contributed by atoms with Crippen molar-refractivity contribution in [3.63, 3.8) is 0 Å². The molecule has 0 radical (unpaired) electrons. The Labute approximate surface area is 111 Å². The molecule has 3 heteroatoms. The summed E-state index contributed by atoms with van der Waals surface area (Å²) in [7, 11) is 1.83. The lowest BCUT2D eigenvalue weighted by Gasteiger charge is -2.07. The van der Waals surface area contributed by atoms with Crippen LogP contribution in [0.3, 0.4) is 0 Å². The summed E-state index contributed by atoms with van der Waals surface area (Å²) >= 11 is 1.33.